The Labute approximate surface area is 197 Å². The third kappa shape index (κ3) is 5.55. The van der Waals surface area contributed by atoms with Gasteiger partial charge in [0.1, 0.15) is 12.4 Å². The van der Waals surface area contributed by atoms with Crippen molar-refractivity contribution < 1.29 is 9.53 Å². The number of amides is 1. The Bertz CT molecular complexity index is 1020. The zero-order valence-electron chi connectivity index (χ0n) is 18.0. The minimum Gasteiger partial charge on any atom is -0.486 e. The molecule has 2 heterocycles. The fraction of sp³-hybridized carbons (Fsp3) is 0.348. The Balaban J connectivity index is 1.28. The zero-order valence-corrected chi connectivity index (χ0v) is 19.6. The van der Waals surface area contributed by atoms with Crippen LogP contribution in [-0.2, 0) is 17.9 Å². The van der Waals surface area contributed by atoms with Crippen LogP contribution in [-0.4, -0.2) is 57.5 Å². The summed E-state index contributed by atoms with van der Waals surface area (Å²) >= 11 is 7.34. The van der Waals surface area contributed by atoms with Crippen LogP contribution in [0.5, 0.6) is 5.75 Å². The standard InChI is InChI=1S/C23H26ClN5O2S/c1-2-29-21(16-31-20-10-8-18(24)9-11-20)25-26-23(29)32-17-22(30)28-14-12-27(13-15-28)19-6-4-3-5-7-19/h3-11H,2,12-17H2,1H3. The van der Waals surface area contributed by atoms with E-state index in [1.54, 1.807) is 12.1 Å². The minimum atomic E-state index is 0.132. The molecule has 1 amide bonds. The molecule has 3 aromatic rings. The second-order valence-corrected chi connectivity index (χ2v) is 8.76. The highest BCUT2D eigenvalue weighted by molar-refractivity contribution is 7.99. The number of aromatic nitrogens is 3. The van der Waals surface area contributed by atoms with Crippen LogP contribution in [0.25, 0.3) is 0 Å². The Hall–Kier alpha value is -2.71. The molecule has 0 unspecified atom stereocenters. The summed E-state index contributed by atoms with van der Waals surface area (Å²) in [6.45, 7) is 6.19. The summed E-state index contributed by atoms with van der Waals surface area (Å²) in [4.78, 5) is 17.0. The lowest BCUT2D eigenvalue weighted by Crippen LogP contribution is -2.49. The van der Waals surface area contributed by atoms with Crippen molar-refractivity contribution in [2.24, 2.45) is 0 Å². The first-order chi connectivity index (χ1) is 15.6. The molecule has 0 saturated carbocycles. The highest BCUT2D eigenvalue weighted by Gasteiger charge is 2.22. The van der Waals surface area contributed by atoms with Crippen LogP contribution in [0.2, 0.25) is 5.02 Å². The minimum absolute atomic E-state index is 0.132. The van der Waals surface area contributed by atoms with Crippen LogP contribution in [0.4, 0.5) is 5.69 Å². The van der Waals surface area contributed by atoms with Crippen LogP contribution in [0.15, 0.2) is 59.8 Å². The van der Waals surface area contributed by atoms with E-state index in [0.29, 0.717) is 23.9 Å². The summed E-state index contributed by atoms with van der Waals surface area (Å²) in [6, 6.07) is 17.5. The summed E-state index contributed by atoms with van der Waals surface area (Å²) in [7, 11) is 0. The van der Waals surface area contributed by atoms with E-state index in [-0.39, 0.29) is 5.91 Å². The highest BCUT2D eigenvalue weighted by Crippen LogP contribution is 2.21. The van der Waals surface area contributed by atoms with Crippen molar-refractivity contribution in [1.29, 1.82) is 0 Å². The van der Waals surface area contributed by atoms with Crippen molar-refractivity contribution in [2.75, 3.05) is 36.8 Å². The molecule has 2 aromatic carbocycles. The first-order valence-corrected chi connectivity index (χ1v) is 12.0. The molecule has 1 aliphatic heterocycles. The average Bonchev–Trinajstić information content (AvgIpc) is 3.24. The summed E-state index contributed by atoms with van der Waals surface area (Å²) < 4.78 is 7.79. The molecule has 4 rings (SSSR count). The number of hydrogen-bond donors (Lipinski definition) is 0. The molecule has 0 radical (unpaired) electrons. The van der Waals surface area contributed by atoms with Crippen molar-refractivity contribution in [3.63, 3.8) is 0 Å². The first kappa shape index (κ1) is 22.5. The molecule has 0 spiro atoms. The summed E-state index contributed by atoms with van der Waals surface area (Å²) in [5, 5.41) is 9.94. The molecule has 1 fully saturated rings. The number of ether oxygens (including phenoxy) is 1. The number of para-hydroxylation sites is 1. The number of carbonyl (C=O) groups excluding carboxylic acids is 1. The lowest BCUT2D eigenvalue weighted by molar-refractivity contribution is -0.128. The molecule has 32 heavy (non-hydrogen) atoms. The van der Waals surface area contributed by atoms with Gasteiger partial charge in [-0.15, -0.1) is 10.2 Å². The van der Waals surface area contributed by atoms with E-state index in [2.05, 4.69) is 27.2 Å². The molecule has 0 N–H and O–H groups in total. The number of anilines is 1. The number of halogens is 1. The van der Waals surface area contributed by atoms with Gasteiger partial charge in [0, 0.05) is 43.4 Å². The van der Waals surface area contributed by atoms with Crippen molar-refractivity contribution in [2.45, 2.75) is 25.2 Å². The second kappa shape index (κ2) is 10.7. The van der Waals surface area contributed by atoms with Gasteiger partial charge in [-0.3, -0.25) is 4.79 Å². The smallest absolute Gasteiger partial charge is 0.233 e. The van der Waals surface area contributed by atoms with E-state index in [4.69, 9.17) is 16.3 Å². The van der Waals surface area contributed by atoms with Gasteiger partial charge in [0.15, 0.2) is 11.0 Å². The van der Waals surface area contributed by atoms with Gasteiger partial charge in [-0.2, -0.15) is 0 Å². The van der Waals surface area contributed by atoms with Gasteiger partial charge >= 0.3 is 0 Å². The molecule has 1 aromatic heterocycles. The van der Waals surface area contributed by atoms with Gasteiger partial charge in [0.05, 0.1) is 5.75 Å². The van der Waals surface area contributed by atoms with E-state index in [9.17, 15) is 4.79 Å². The Morgan fingerprint density at radius 3 is 2.44 bits per heavy atom. The summed E-state index contributed by atoms with van der Waals surface area (Å²) in [5.41, 5.74) is 1.21. The van der Waals surface area contributed by atoms with Crippen LogP contribution in [0, 0.1) is 0 Å². The molecule has 7 nitrogen and oxygen atoms in total. The SMILES string of the molecule is CCn1c(COc2ccc(Cl)cc2)nnc1SCC(=O)N1CCN(c2ccccc2)CC1. The molecule has 1 saturated heterocycles. The molecular weight excluding hydrogens is 446 g/mol. The number of benzene rings is 2. The third-order valence-electron chi connectivity index (χ3n) is 5.37. The number of carbonyl (C=O) groups is 1. The van der Waals surface area contributed by atoms with Crippen molar-refractivity contribution in [3.05, 3.63) is 65.4 Å². The van der Waals surface area contributed by atoms with Gasteiger partial charge < -0.3 is 19.1 Å². The van der Waals surface area contributed by atoms with Crippen LogP contribution in [0.3, 0.4) is 0 Å². The Kier molecular flexibility index (Phi) is 7.55. The number of nitrogens with zero attached hydrogens (tertiary/aromatic N) is 5. The van der Waals surface area contributed by atoms with Crippen LogP contribution < -0.4 is 9.64 Å². The summed E-state index contributed by atoms with van der Waals surface area (Å²) in [6.07, 6.45) is 0. The third-order valence-corrected chi connectivity index (χ3v) is 6.57. The molecule has 168 valence electrons. The molecular formula is C23H26ClN5O2S. The molecule has 0 bridgehead atoms. The maximum Gasteiger partial charge on any atom is 0.233 e. The Morgan fingerprint density at radius 2 is 1.75 bits per heavy atom. The Morgan fingerprint density at radius 1 is 1.03 bits per heavy atom. The van der Waals surface area contributed by atoms with Crippen molar-refractivity contribution >= 4 is 35.0 Å². The molecule has 1 aliphatic rings. The normalized spacial score (nSPS) is 13.9. The van der Waals surface area contributed by atoms with Gasteiger partial charge in [0.25, 0.3) is 0 Å². The maximum atomic E-state index is 12.8. The number of piperazine rings is 1. The lowest BCUT2D eigenvalue weighted by atomic mass is 10.2. The van der Waals surface area contributed by atoms with Crippen molar-refractivity contribution in [1.82, 2.24) is 19.7 Å². The average molecular weight is 472 g/mol. The largest absolute Gasteiger partial charge is 0.486 e. The predicted molar refractivity (Wildman–Crippen MR) is 127 cm³/mol. The fourth-order valence-electron chi connectivity index (χ4n) is 3.60. The van der Waals surface area contributed by atoms with Crippen molar-refractivity contribution in [3.8, 4) is 5.75 Å². The van der Waals surface area contributed by atoms with Gasteiger partial charge in [-0.1, -0.05) is 41.6 Å². The molecule has 0 atom stereocenters. The van der Waals surface area contributed by atoms with E-state index < -0.39 is 0 Å². The maximum absolute atomic E-state index is 12.8. The first-order valence-electron chi connectivity index (χ1n) is 10.6. The van der Waals surface area contributed by atoms with Crippen LogP contribution >= 0.6 is 23.4 Å². The predicted octanol–water partition coefficient (Wildman–Crippen LogP) is 3.97. The number of hydrogen-bond acceptors (Lipinski definition) is 6. The number of thioether (sulfide) groups is 1. The summed E-state index contributed by atoms with van der Waals surface area (Å²) in [5.74, 6) is 1.93. The van der Waals surface area contributed by atoms with Crippen LogP contribution in [0.1, 0.15) is 12.7 Å². The molecule has 0 aliphatic carbocycles. The molecule has 9 heteroatoms. The van der Waals surface area contributed by atoms with E-state index in [0.717, 1.165) is 42.9 Å². The second-order valence-electron chi connectivity index (χ2n) is 7.38. The van der Waals surface area contributed by atoms with Gasteiger partial charge in [0.2, 0.25) is 5.91 Å². The van der Waals surface area contributed by atoms with E-state index in [1.165, 1.54) is 17.4 Å². The van der Waals surface area contributed by atoms with E-state index >= 15 is 0 Å². The van der Waals surface area contributed by atoms with Gasteiger partial charge in [-0.05, 0) is 43.3 Å². The monoisotopic (exact) mass is 471 g/mol. The lowest BCUT2D eigenvalue weighted by Gasteiger charge is -2.36. The quantitative estimate of drug-likeness (QED) is 0.463. The highest BCUT2D eigenvalue weighted by atomic mass is 35.5. The fourth-order valence-corrected chi connectivity index (χ4v) is 4.65. The zero-order chi connectivity index (χ0) is 22.3. The number of rotatable bonds is 8. The van der Waals surface area contributed by atoms with E-state index in [1.807, 2.05) is 46.7 Å². The van der Waals surface area contributed by atoms with Gasteiger partial charge in [-0.25, -0.2) is 0 Å². The topological polar surface area (TPSA) is 63.5 Å².